The standard InChI is InChI=1S/C18H30N4O12/c23-13(24)7-19(3-5-21(9-15(27)28)10-16(29)30)1-2-20(8-14(25)26)4-6-22(11-17(31)32)12-18(33)34/h1-12H2,(H,23,24)(H,25,26)(H,27,28)(H,29,30)(H,31,32)(H,33,34)/p-6. The zero-order valence-electron chi connectivity index (χ0n) is 18.2. The predicted octanol–water partition coefficient (Wildman–Crippen LogP) is -11.3. The Morgan fingerprint density at radius 1 is 0.324 bits per heavy atom. The molecule has 0 aliphatic rings. The lowest BCUT2D eigenvalue weighted by molar-refractivity contribution is -0.313. The monoisotopic (exact) mass is 488 g/mol. The van der Waals surface area contributed by atoms with Crippen molar-refractivity contribution in [3.05, 3.63) is 0 Å². The van der Waals surface area contributed by atoms with E-state index in [1.165, 1.54) is 9.80 Å². The third-order valence-electron chi connectivity index (χ3n) is 4.31. The van der Waals surface area contributed by atoms with Gasteiger partial charge in [0.25, 0.3) is 0 Å². The number of rotatable bonds is 21. The van der Waals surface area contributed by atoms with Gasteiger partial charge in [-0.3, -0.25) is 19.6 Å². The van der Waals surface area contributed by atoms with E-state index in [1.54, 1.807) is 0 Å². The molecule has 0 aromatic carbocycles. The summed E-state index contributed by atoms with van der Waals surface area (Å²) in [4.78, 5) is 69.4. The molecule has 0 aromatic rings. The molecule has 0 radical (unpaired) electrons. The van der Waals surface area contributed by atoms with Gasteiger partial charge in [-0.05, 0) is 0 Å². The molecule has 0 saturated heterocycles. The lowest BCUT2D eigenvalue weighted by Crippen LogP contribution is -2.51. The molecule has 16 nitrogen and oxygen atoms in total. The number of carbonyl (C=O) groups is 6. The molecule has 0 aliphatic heterocycles. The van der Waals surface area contributed by atoms with Crippen LogP contribution in [0.15, 0.2) is 0 Å². The normalized spacial score (nSPS) is 11.3. The van der Waals surface area contributed by atoms with Crippen molar-refractivity contribution < 1.29 is 59.4 Å². The largest absolute Gasteiger partial charge is 0.549 e. The molecule has 0 N–H and O–H groups in total. The second kappa shape index (κ2) is 16.3. The summed E-state index contributed by atoms with van der Waals surface area (Å²) in [5, 5.41) is 65.1. The molecule has 0 bridgehead atoms. The number of carboxylic acid groups (broad SMARTS) is 6. The summed E-state index contributed by atoms with van der Waals surface area (Å²) in [6.07, 6.45) is 0. The molecular formula is C18H24N4O12-6. The highest BCUT2D eigenvalue weighted by Crippen LogP contribution is 1.97. The summed E-state index contributed by atoms with van der Waals surface area (Å²) in [7, 11) is 0. The Morgan fingerprint density at radius 2 is 0.471 bits per heavy atom. The maximum absolute atomic E-state index is 11.0. The molecule has 0 rings (SSSR count). The van der Waals surface area contributed by atoms with Crippen LogP contribution in [0.3, 0.4) is 0 Å². The maximum atomic E-state index is 11.0. The summed E-state index contributed by atoms with van der Waals surface area (Å²) in [6.45, 7) is -5.22. The van der Waals surface area contributed by atoms with Gasteiger partial charge in [0.2, 0.25) is 0 Å². The molecule has 0 fully saturated rings. The van der Waals surface area contributed by atoms with E-state index in [0.717, 1.165) is 9.80 Å². The summed E-state index contributed by atoms with van der Waals surface area (Å²) in [5.41, 5.74) is 0. The number of hydrogen-bond donors (Lipinski definition) is 0. The Balaban J connectivity index is 5.13. The van der Waals surface area contributed by atoms with Crippen LogP contribution in [0, 0.1) is 0 Å². The van der Waals surface area contributed by atoms with E-state index in [9.17, 15) is 59.4 Å². The van der Waals surface area contributed by atoms with Gasteiger partial charge in [-0.2, -0.15) is 0 Å². The Hall–Kier alpha value is -3.34. The molecule has 0 heterocycles. The molecule has 0 unspecified atom stereocenters. The molecule has 0 aliphatic carbocycles. The van der Waals surface area contributed by atoms with Crippen molar-refractivity contribution in [3.8, 4) is 0 Å². The van der Waals surface area contributed by atoms with Gasteiger partial charge in [-0.1, -0.05) is 0 Å². The minimum atomic E-state index is -1.56. The highest BCUT2D eigenvalue weighted by molar-refractivity contribution is 5.71. The van der Waals surface area contributed by atoms with E-state index in [-0.39, 0.29) is 39.3 Å². The third kappa shape index (κ3) is 17.2. The van der Waals surface area contributed by atoms with Crippen LogP contribution in [-0.4, -0.2) is 134 Å². The smallest absolute Gasteiger partial charge is 0.0555 e. The van der Waals surface area contributed by atoms with Crippen LogP contribution in [-0.2, 0) is 28.8 Å². The second-order valence-electron chi connectivity index (χ2n) is 7.21. The highest BCUT2D eigenvalue weighted by Gasteiger charge is 2.15. The zero-order valence-corrected chi connectivity index (χ0v) is 18.2. The lowest BCUT2D eigenvalue weighted by Gasteiger charge is -2.32. The minimum Gasteiger partial charge on any atom is -0.549 e. The van der Waals surface area contributed by atoms with Gasteiger partial charge in [0.1, 0.15) is 0 Å². The van der Waals surface area contributed by atoms with E-state index < -0.39 is 75.1 Å². The van der Waals surface area contributed by atoms with Gasteiger partial charge in [0.15, 0.2) is 0 Å². The van der Waals surface area contributed by atoms with Crippen LogP contribution in [0.1, 0.15) is 0 Å². The predicted molar refractivity (Wildman–Crippen MR) is 95.8 cm³/mol. The van der Waals surface area contributed by atoms with E-state index in [4.69, 9.17) is 0 Å². The molecule has 0 spiro atoms. The van der Waals surface area contributed by atoms with Crippen LogP contribution in [0.4, 0.5) is 0 Å². The molecule has 34 heavy (non-hydrogen) atoms. The Bertz CT molecular complexity index is 640. The van der Waals surface area contributed by atoms with Gasteiger partial charge >= 0.3 is 0 Å². The molecule has 0 atom stereocenters. The van der Waals surface area contributed by atoms with Gasteiger partial charge in [0.05, 0.1) is 35.8 Å². The number of aliphatic carboxylic acids is 6. The van der Waals surface area contributed by atoms with Crippen LogP contribution < -0.4 is 30.6 Å². The molecule has 0 saturated carbocycles. The van der Waals surface area contributed by atoms with Gasteiger partial charge in [0, 0.05) is 78.5 Å². The van der Waals surface area contributed by atoms with Crippen molar-refractivity contribution >= 4 is 35.8 Å². The zero-order chi connectivity index (χ0) is 26.3. The average molecular weight is 488 g/mol. The molecular weight excluding hydrogens is 464 g/mol. The fourth-order valence-corrected chi connectivity index (χ4v) is 2.91. The van der Waals surface area contributed by atoms with Crippen LogP contribution in [0.2, 0.25) is 0 Å². The van der Waals surface area contributed by atoms with E-state index in [0.29, 0.717) is 0 Å². The first-order chi connectivity index (χ1) is 15.8. The Kier molecular flexibility index (Phi) is 14.7. The van der Waals surface area contributed by atoms with Crippen molar-refractivity contribution in [2.45, 2.75) is 0 Å². The van der Waals surface area contributed by atoms with Gasteiger partial charge in [-0.25, -0.2) is 0 Å². The summed E-state index contributed by atoms with van der Waals surface area (Å²) in [5.74, 6) is -9.27. The van der Waals surface area contributed by atoms with E-state index in [1.807, 2.05) is 0 Å². The SMILES string of the molecule is O=C([O-])CN(CCN(CCN(CC(=O)[O-])CC(=O)[O-])CC(=O)[O-])CCN(CC(=O)[O-])CC(=O)[O-]. The van der Waals surface area contributed by atoms with Gasteiger partial charge in [-0.15, -0.1) is 0 Å². The van der Waals surface area contributed by atoms with Crippen LogP contribution in [0.25, 0.3) is 0 Å². The number of hydrogen-bond acceptors (Lipinski definition) is 16. The van der Waals surface area contributed by atoms with E-state index >= 15 is 0 Å². The summed E-state index contributed by atoms with van der Waals surface area (Å²) < 4.78 is 0. The number of carbonyl (C=O) groups excluding carboxylic acids is 6. The van der Waals surface area contributed by atoms with Crippen molar-refractivity contribution in [1.82, 2.24) is 19.6 Å². The van der Waals surface area contributed by atoms with Crippen molar-refractivity contribution in [3.63, 3.8) is 0 Å². The number of nitrogens with zero attached hydrogens (tertiary/aromatic N) is 4. The Labute approximate surface area is 194 Å². The van der Waals surface area contributed by atoms with Crippen LogP contribution >= 0.6 is 0 Å². The molecule has 194 valence electrons. The quantitative estimate of drug-likeness (QED) is 0.145. The van der Waals surface area contributed by atoms with Crippen molar-refractivity contribution in [2.75, 3.05) is 78.5 Å². The average Bonchev–Trinajstić information content (AvgIpc) is 2.64. The lowest BCUT2D eigenvalue weighted by atomic mass is 10.3. The minimum absolute atomic E-state index is 0.104. The Morgan fingerprint density at radius 3 is 0.647 bits per heavy atom. The fourth-order valence-electron chi connectivity index (χ4n) is 2.91. The highest BCUT2D eigenvalue weighted by atomic mass is 16.4. The summed E-state index contributed by atoms with van der Waals surface area (Å²) >= 11 is 0. The molecule has 16 heteroatoms. The fraction of sp³-hybridized carbons (Fsp3) is 0.667. The van der Waals surface area contributed by atoms with Crippen LogP contribution in [0.5, 0.6) is 0 Å². The van der Waals surface area contributed by atoms with Crippen molar-refractivity contribution in [1.29, 1.82) is 0 Å². The topological polar surface area (TPSA) is 254 Å². The maximum Gasteiger partial charge on any atom is 0.0555 e. The first-order valence-electron chi connectivity index (χ1n) is 9.87. The van der Waals surface area contributed by atoms with E-state index in [2.05, 4.69) is 0 Å². The molecule has 0 amide bonds. The first kappa shape index (κ1) is 30.7. The number of carboxylic acids is 6. The summed E-state index contributed by atoms with van der Waals surface area (Å²) in [6, 6.07) is 0. The first-order valence-corrected chi connectivity index (χ1v) is 9.87. The molecule has 0 aromatic heterocycles. The van der Waals surface area contributed by atoms with Gasteiger partial charge < -0.3 is 59.4 Å². The van der Waals surface area contributed by atoms with Crippen molar-refractivity contribution in [2.24, 2.45) is 0 Å². The third-order valence-corrected chi connectivity index (χ3v) is 4.31. The second-order valence-corrected chi connectivity index (χ2v) is 7.21.